The van der Waals surface area contributed by atoms with Gasteiger partial charge in [0.05, 0.1) is 17.8 Å². The second kappa shape index (κ2) is 10.2. The summed E-state index contributed by atoms with van der Waals surface area (Å²) in [6.45, 7) is 6.95. The number of carbonyl (C=O) groups is 1. The minimum atomic E-state index is -0.0880. The standard InChI is InChI=1S/C26H31N5OS/c1-4-19-10-5-6-11-20(19)28-23(32)14-17-31-25(22-13-9-16-30(22)18(2)3)24(29-26(31)33)21-12-7-8-15-27-21/h5-13,15-16,18,24-25H,4,14,17H2,1-3H3,(H,28,32)(H,29,33)/t24-,25-/m0/s1. The van der Waals surface area contributed by atoms with E-state index in [0.29, 0.717) is 24.1 Å². The summed E-state index contributed by atoms with van der Waals surface area (Å²) in [5.74, 6) is -0.0158. The molecule has 2 aromatic heterocycles. The van der Waals surface area contributed by atoms with Crippen molar-refractivity contribution in [3.63, 3.8) is 0 Å². The highest BCUT2D eigenvalue weighted by atomic mass is 32.1. The first-order valence-corrected chi connectivity index (χ1v) is 11.9. The summed E-state index contributed by atoms with van der Waals surface area (Å²) in [5, 5.41) is 7.19. The molecule has 0 saturated carbocycles. The number of nitrogens with zero attached hydrogens (tertiary/aromatic N) is 3. The van der Waals surface area contributed by atoms with Crippen molar-refractivity contribution in [2.75, 3.05) is 11.9 Å². The van der Waals surface area contributed by atoms with Gasteiger partial charge in [-0.15, -0.1) is 0 Å². The fraction of sp³-hybridized carbons (Fsp3) is 0.346. The summed E-state index contributed by atoms with van der Waals surface area (Å²) in [6, 6.07) is 18.2. The predicted octanol–water partition coefficient (Wildman–Crippen LogP) is 5.03. The smallest absolute Gasteiger partial charge is 0.226 e. The van der Waals surface area contributed by atoms with E-state index in [2.05, 4.69) is 64.2 Å². The van der Waals surface area contributed by atoms with Crippen LogP contribution in [0.3, 0.4) is 0 Å². The third kappa shape index (κ3) is 4.93. The molecule has 6 nitrogen and oxygen atoms in total. The van der Waals surface area contributed by atoms with Crippen LogP contribution in [0.4, 0.5) is 5.69 Å². The lowest BCUT2D eigenvalue weighted by atomic mass is 10.0. The number of nitrogens with one attached hydrogen (secondary N) is 2. The van der Waals surface area contributed by atoms with Gasteiger partial charge in [-0.3, -0.25) is 9.78 Å². The lowest BCUT2D eigenvalue weighted by Crippen LogP contribution is -2.33. The van der Waals surface area contributed by atoms with E-state index in [4.69, 9.17) is 12.2 Å². The molecule has 1 aromatic carbocycles. The summed E-state index contributed by atoms with van der Waals surface area (Å²) in [7, 11) is 0. The topological polar surface area (TPSA) is 62.2 Å². The zero-order valence-corrected chi connectivity index (χ0v) is 20.2. The third-order valence-corrected chi connectivity index (χ3v) is 6.47. The Kier molecular flexibility index (Phi) is 7.08. The summed E-state index contributed by atoms with van der Waals surface area (Å²) in [6.07, 6.45) is 5.12. The van der Waals surface area contributed by atoms with Crippen LogP contribution in [0.5, 0.6) is 0 Å². The highest BCUT2D eigenvalue weighted by Gasteiger charge is 2.41. The molecular formula is C26H31N5OS. The van der Waals surface area contributed by atoms with Crippen molar-refractivity contribution >= 4 is 28.9 Å². The monoisotopic (exact) mass is 461 g/mol. The first-order chi connectivity index (χ1) is 16.0. The maximum atomic E-state index is 12.8. The fourth-order valence-corrected chi connectivity index (χ4v) is 4.81. The summed E-state index contributed by atoms with van der Waals surface area (Å²) in [4.78, 5) is 19.6. The van der Waals surface area contributed by atoms with Crippen LogP contribution in [0, 0.1) is 0 Å². The third-order valence-electron chi connectivity index (χ3n) is 6.12. The Bertz CT molecular complexity index is 1110. The van der Waals surface area contributed by atoms with E-state index in [0.717, 1.165) is 29.1 Å². The van der Waals surface area contributed by atoms with Gasteiger partial charge in [-0.1, -0.05) is 31.2 Å². The van der Waals surface area contributed by atoms with E-state index in [1.165, 1.54) is 0 Å². The summed E-state index contributed by atoms with van der Waals surface area (Å²) < 4.78 is 2.26. The van der Waals surface area contributed by atoms with Crippen LogP contribution in [0.25, 0.3) is 0 Å². The molecule has 7 heteroatoms. The molecule has 3 aromatic rings. The van der Waals surface area contributed by atoms with E-state index >= 15 is 0 Å². The van der Waals surface area contributed by atoms with Gasteiger partial charge >= 0.3 is 0 Å². The number of para-hydroxylation sites is 1. The van der Waals surface area contributed by atoms with Gasteiger partial charge in [-0.25, -0.2) is 0 Å². The normalized spacial score (nSPS) is 17.9. The molecule has 0 unspecified atom stereocenters. The number of hydrogen-bond acceptors (Lipinski definition) is 3. The SMILES string of the molecule is CCc1ccccc1NC(=O)CCN1C(=S)N[C@@H](c2ccccn2)[C@@H]1c1cccn1C(C)C. The maximum Gasteiger partial charge on any atom is 0.226 e. The minimum Gasteiger partial charge on any atom is -0.352 e. The fourth-order valence-electron chi connectivity index (χ4n) is 4.48. The van der Waals surface area contributed by atoms with E-state index < -0.39 is 0 Å². The van der Waals surface area contributed by atoms with Crippen LogP contribution in [-0.2, 0) is 11.2 Å². The molecule has 4 rings (SSSR count). The Hall–Kier alpha value is -3.19. The Balaban J connectivity index is 1.57. The first-order valence-electron chi connectivity index (χ1n) is 11.5. The molecule has 3 heterocycles. The van der Waals surface area contributed by atoms with Gasteiger partial charge in [-0.05, 0) is 68.4 Å². The molecule has 1 saturated heterocycles. The van der Waals surface area contributed by atoms with Crippen molar-refractivity contribution in [2.24, 2.45) is 0 Å². The minimum absolute atomic E-state index is 0.0158. The van der Waals surface area contributed by atoms with Gasteiger partial charge < -0.3 is 20.1 Å². The van der Waals surface area contributed by atoms with Crippen LogP contribution in [0.15, 0.2) is 67.0 Å². The van der Waals surface area contributed by atoms with Gasteiger partial charge in [0.1, 0.15) is 0 Å². The van der Waals surface area contributed by atoms with Gasteiger partial charge in [0.25, 0.3) is 0 Å². The number of benzene rings is 1. The molecule has 2 atom stereocenters. The van der Waals surface area contributed by atoms with Crippen molar-refractivity contribution in [3.05, 3.63) is 83.9 Å². The molecule has 1 amide bonds. The lowest BCUT2D eigenvalue weighted by Gasteiger charge is -2.29. The number of anilines is 1. The average Bonchev–Trinajstić information content (AvgIpc) is 3.43. The average molecular weight is 462 g/mol. The van der Waals surface area contributed by atoms with E-state index in [1.54, 1.807) is 6.20 Å². The van der Waals surface area contributed by atoms with Crippen molar-refractivity contribution in [2.45, 2.75) is 51.7 Å². The Morgan fingerprint density at radius 1 is 1.15 bits per heavy atom. The van der Waals surface area contributed by atoms with Gasteiger partial charge in [-0.2, -0.15) is 0 Å². The highest BCUT2D eigenvalue weighted by molar-refractivity contribution is 7.80. The Morgan fingerprint density at radius 3 is 2.67 bits per heavy atom. The number of pyridine rings is 1. The second-order valence-corrected chi connectivity index (χ2v) is 8.95. The van der Waals surface area contributed by atoms with E-state index in [-0.39, 0.29) is 18.0 Å². The summed E-state index contributed by atoms with van der Waals surface area (Å²) >= 11 is 5.74. The van der Waals surface area contributed by atoms with Crippen LogP contribution < -0.4 is 10.6 Å². The van der Waals surface area contributed by atoms with Crippen LogP contribution in [-0.4, -0.2) is 32.0 Å². The van der Waals surface area contributed by atoms with Gasteiger partial charge in [0, 0.05) is 42.8 Å². The van der Waals surface area contributed by atoms with Crippen LogP contribution >= 0.6 is 12.2 Å². The number of amides is 1. The quantitative estimate of drug-likeness (QED) is 0.461. The Labute approximate surface area is 201 Å². The second-order valence-electron chi connectivity index (χ2n) is 8.56. The first kappa shape index (κ1) is 23.0. The molecule has 1 aliphatic heterocycles. The predicted molar refractivity (Wildman–Crippen MR) is 136 cm³/mol. The molecule has 0 bridgehead atoms. The molecule has 33 heavy (non-hydrogen) atoms. The number of rotatable bonds is 8. The van der Waals surface area contributed by atoms with Crippen LogP contribution in [0.1, 0.15) is 62.3 Å². The largest absolute Gasteiger partial charge is 0.352 e. The number of aryl methyl sites for hydroxylation is 1. The number of hydrogen-bond donors (Lipinski definition) is 2. The Morgan fingerprint density at radius 2 is 1.94 bits per heavy atom. The molecule has 1 aliphatic rings. The molecule has 2 N–H and O–H groups in total. The lowest BCUT2D eigenvalue weighted by molar-refractivity contribution is -0.116. The van der Waals surface area contributed by atoms with Gasteiger partial charge in [0.2, 0.25) is 5.91 Å². The zero-order valence-electron chi connectivity index (χ0n) is 19.4. The molecule has 0 aliphatic carbocycles. The number of aromatic nitrogens is 2. The maximum absolute atomic E-state index is 12.8. The van der Waals surface area contributed by atoms with Crippen molar-refractivity contribution in [1.82, 2.24) is 19.8 Å². The highest BCUT2D eigenvalue weighted by Crippen LogP contribution is 2.39. The van der Waals surface area contributed by atoms with Crippen LogP contribution in [0.2, 0.25) is 0 Å². The molecular weight excluding hydrogens is 430 g/mol. The van der Waals surface area contributed by atoms with Crippen molar-refractivity contribution in [3.8, 4) is 0 Å². The zero-order chi connectivity index (χ0) is 23.4. The molecule has 1 fully saturated rings. The number of thiocarbonyl (C=S) groups is 1. The van der Waals surface area contributed by atoms with E-state index in [9.17, 15) is 4.79 Å². The van der Waals surface area contributed by atoms with E-state index in [1.807, 2.05) is 42.5 Å². The molecule has 172 valence electrons. The van der Waals surface area contributed by atoms with Gasteiger partial charge in [0.15, 0.2) is 5.11 Å². The van der Waals surface area contributed by atoms with Crippen molar-refractivity contribution < 1.29 is 4.79 Å². The molecule has 0 spiro atoms. The summed E-state index contributed by atoms with van der Waals surface area (Å²) in [5.41, 5.74) is 4.10. The van der Waals surface area contributed by atoms with Crippen molar-refractivity contribution in [1.29, 1.82) is 0 Å². The molecule has 0 radical (unpaired) electrons. The number of carbonyl (C=O) groups excluding carboxylic acids is 1.